The van der Waals surface area contributed by atoms with E-state index in [4.69, 9.17) is 28.6 Å². The van der Waals surface area contributed by atoms with E-state index < -0.39 is 0 Å². The van der Waals surface area contributed by atoms with E-state index in [-0.39, 0.29) is 12.5 Å². The van der Waals surface area contributed by atoms with E-state index in [1.165, 1.54) is 6.07 Å². The molecule has 0 aliphatic heterocycles. The third-order valence-corrected chi connectivity index (χ3v) is 4.66. The Labute approximate surface area is 188 Å². The highest BCUT2D eigenvalue weighted by Crippen LogP contribution is 2.18. The molecule has 158 valence electrons. The summed E-state index contributed by atoms with van der Waals surface area (Å²) in [7, 11) is 0. The third kappa shape index (κ3) is 5.80. The van der Waals surface area contributed by atoms with Crippen molar-refractivity contribution in [3.8, 4) is 5.75 Å². The van der Waals surface area contributed by atoms with Crippen LogP contribution in [0.5, 0.6) is 5.75 Å². The first-order chi connectivity index (χ1) is 15.0. The van der Waals surface area contributed by atoms with E-state index in [0.717, 1.165) is 0 Å². The van der Waals surface area contributed by atoms with Gasteiger partial charge in [0.15, 0.2) is 17.7 Å². The zero-order valence-corrected chi connectivity index (χ0v) is 17.8. The fourth-order valence-electron chi connectivity index (χ4n) is 2.79. The number of aromatic nitrogens is 4. The van der Waals surface area contributed by atoms with Gasteiger partial charge in [0.05, 0.1) is 24.6 Å². The lowest BCUT2D eigenvalue weighted by atomic mass is 10.2. The molecule has 0 spiro atoms. The highest BCUT2D eigenvalue weighted by atomic mass is 35.5. The Morgan fingerprint density at radius 2 is 1.97 bits per heavy atom. The van der Waals surface area contributed by atoms with Crippen LogP contribution in [0.4, 0.5) is 15.9 Å². The summed E-state index contributed by atoms with van der Waals surface area (Å²) in [6, 6.07) is 15.5. The van der Waals surface area contributed by atoms with E-state index in [9.17, 15) is 4.39 Å². The number of benzene rings is 2. The fraction of sp³-hybridized carbons (Fsp3) is 0.0952. The molecule has 0 saturated heterocycles. The van der Waals surface area contributed by atoms with Crippen LogP contribution in [0.1, 0.15) is 5.56 Å². The Morgan fingerprint density at radius 1 is 1.10 bits per heavy atom. The van der Waals surface area contributed by atoms with Crippen molar-refractivity contribution in [2.45, 2.75) is 13.3 Å². The van der Waals surface area contributed by atoms with Crippen molar-refractivity contribution in [2.24, 2.45) is 0 Å². The Hall–Kier alpha value is -3.43. The van der Waals surface area contributed by atoms with E-state index in [2.05, 4.69) is 20.8 Å². The Kier molecular flexibility index (Phi) is 6.44. The van der Waals surface area contributed by atoms with Gasteiger partial charge in [0, 0.05) is 22.8 Å². The second-order valence-electron chi connectivity index (χ2n) is 6.57. The zero-order chi connectivity index (χ0) is 21.6. The smallest absolute Gasteiger partial charge is 0.180 e. The van der Waals surface area contributed by atoms with E-state index in [1.807, 2.05) is 12.1 Å². The number of hydrogen-bond acceptors (Lipinski definition) is 4. The van der Waals surface area contributed by atoms with Crippen LogP contribution in [-0.2, 0) is 13.3 Å². The van der Waals surface area contributed by atoms with Crippen molar-refractivity contribution < 1.29 is 9.13 Å². The molecule has 0 atom stereocenters. The number of nitrogens with zero attached hydrogens (tertiary/aromatic N) is 4. The lowest BCUT2D eigenvalue weighted by Crippen LogP contribution is -2.19. The molecule has 0 amide bonds. The summed E-state index contributed by atoms with van der Waals surface area (Å²) >= 11 is 11.3. The van der Waals surface area contributed by atoms with Gasteiger partial charge in [-0.15, -0.1) is 0 Å². The van der Waals surface area contributed by atoms with Crippen LogP contribution in [0.3, 0.4) is 0 Å². The molecule has 0 saturated carbocycles. The Morgan fingerprint density at radius 3 is 2.81 bits per heavy atom. The highest BCUT2D eigenvalue weighted by Gasteiger charge is 2.07. The van der Waals surface area contributed by atoms with Gasteiger partial charge < -0.3 is 15.4 Å². The number of ether oxygens (including phenoxy) is 1. The molecule has 0 aliphatic rings. The first-order valence-electron chi connectivity index (χ1n) is 9.31. The van der Waals surface area contributed by atoms with E-state index in [0.29, 0.717) is 39.5 Å². The average Bonchev–Trinajstić information content (AvgIpc) is 3.37. The molecule has 31 heavy (non-hydrogen) atoms. The second-order valence-corrected chi connectivity index (χ2v) is 7.41. The molecule has 0 bridgehead atoms. The summed E-state index contributed by atoms with van der Waals surface area (Å²) in [6.45, 7) is 0.552. The predicted octanol–water partition coefficient (Wildman–Crippen LogP) is 4.77. The third-order valence-electron chi connectivity index (χ3n) is 4.22. The molecule has 2 aromatic carbocycles. The van der Waals surface area contributed by atoms with Gasteiger partial charge in [-0.05, 0) is 36.5 Å². The number of nitrogens with one attached hydrogen (secondary N) is 2. The summed E-state index contributed by atoms with van der Waals surface area (Å²) in [5.41, 5.74) is 1.25. The topological polar surface area (TPSA) is 68.9 Å². The van der Waals surface area contributed by atoms with Gasteiger partial charge in [0.2, 0.25) is 0 Å². The van der Waals surface area contributed by atoms with Gasteiger partial charge >= 0.3 is 0 Å². The molecule has 4 aromatic rings. The maximum atomic E-state index is 13.8. The molecule has 2 heterocycles. The molecule has 4 rings (SSSR count). The number of hydrogen-bond donors (Lipinski definition) is 2. The minimum Gasteiger partial charge on any atom is -0.471 e. The summed E-state index contributed by atoms with van der Waals surface area (Å²) in [4.78, 5) is 0. The molecular formula is C21H18ClFN6OS. The number of anilines is 2. The van der Waals surface area contributed by atoms with Crippen LogP contribution in [0.2, 0.25) is 5.02 Å². The monoisotopic (exact) mass is 456 g/mol. The number of rotatable bonds is 7. The maximum Gasteiger partial charge on any atom is 0.180 e. The van der Waals surface area contributed by atoms with Gasteiger partial charge in [-0.1, -0.05) is 35.9 Å². The van der Waals surface area contributed by atoms with Crippen LogP contribution in [0.25, 0.3) is 0 Å². The van der Waals surface area contributed by atoms with Gasteiger partial charge in [0.25, 0.3) is 0 Å². The molecular weight excluding hydrogens is 439 g/mol. The van der Waals surface area contributed by atoms with Crippen LogP contribution in [0, 0.1) is 5.82 Å². The van der Waals surface area contributed by atoms with Crippen molar-refractivity contribution in [3.05, 3.63) is 89.6 Å². The second kappa shape index (κ2) is 9.59. The molecule has 0 aliphatic carbocycles. The SMILES string of the molecule is Fc1ccccc1Cn1ccc(NC(=S)Nc2cnn(COc3cccc(Cl)c3)c2)n1. The van der Waals surface area contributed by atoms with Crippen molar-refractivity contribution >= 4 is 40.4 Å². The van der Waals surface area contributed by atoms with Crippen LogP contribution >= 0.6 is 23.8 Å². The van der Waals surface area contributed by atoms with Crippen molar-refractivity contribution in [2.75, 3.05) is 10.6 Å². The lowest BCUT2D eigenvalue weighted by molar-refractivity contribution is 0.221. The highest BCUT2D eigenvalue weighted by molar-refractivity contribution is 7.80. The molecule has 0 radical (unpaired) electrons. The quantitative estimate of drug-likeness (QED) is 0.390. The van der Waals surface area contributed by atoms with Crippen molar-refractivity contribution in [3.63, 3.8) is 0 Å². The largest absolute Gasteiger partial charge is 0.471 e. The van der Waals surface area contributed by atoms with Gasteiger partial charge in [-0.3, -0.25) is 4.68 Å². The average molecular weight is 457 g/mol. The standard InChI is InChI=1S/C21H18ClFN6OS/c22-16-5-3-6-18(10-16)30-14-29-13-17(11-24-29)25-21(31)26-20-8-9-28(27-20)12-15-4-1-2-7-19(15)23/h1-11,13H,12,14H2,(H2,25,26,27,31). The summed E-state index contributed by atoms with van der Waals surface area (Å²) in [5, 5.41) is 15.6. The molecule has 0 unspecified atom stereocenters. The van der Waals surface area contributed by atoms with Crippen LogP contribution in [-0.4, -0.2) is 24.7 Å². The predicted molar refractivity (Wildman–Crippen MR) is 122 cm³/mol. The van der Waals surface area contributed by atoms with Crippen LogP contribution in [0.15, 0.2) is 73.2 Å². The van der Waals surface area contributed by atoms with Crippen molar-refractivity contribution in [1.29, 1.82) is 0 Å². The van der Waals surface area contributed by atoms with Gasteiger partial charge in [0.1, 0.15) is 11.6 Å². The summed E-state index contributed by atoms with van der Waals surface area (Å²) in [5.74, 6) is 0.937. The maximum absolute atomic E-state index is 13.8. The molecule has 10 heteroatoms. The van der Waals surface area contributed by atoms with Gasteiger partial charge in [-0.25, -0.2) is 9.07 Å². The first kappa shape index (κ1) is 20.8. The van der Waals surface area contributed by atoms with E-state index in [1.54, 1.807) is 64.4 Å². The summed E-state index contributed by atoms with van der Waals surface area (Å²) < 4.78 is 22.7. The number of halogens is 2. The molecule has 0 fully saturated rings. The zero-order valence-electron chi connectivity index (χ0n) is 16.2. The Bertz CT molecular complexity index is 1190. The molecule has 2 aromatic heterocycles. The van der Waals surface area contributed by atoms with Gasteiger partial charge in [-0.2, -0.15) is 10.2 Å². The van der Waals surface area contributed by atoms with E-state index >= 15 is 0 Å². The normalized spacial score (nSPS) is 10.6. The summed E-state index contributed by atoms with van der Waals surface area (Å²) in [6.07, 6.45) is 5.14. The minimum atomic E-state index is -0.263. The lowest BCUT2D eigenvalue weighted by Gasteiger charge is -2.07. The first-order valence-corrected chi connectivity index (χ1v) is 10.1. The molecule has 2 N–H and O–H groups in total. The fourth-order valence-corrected chi connectivity index (χ4v) is 3.20. The minimum absolute atomic E-state index is 0.225. The molecule has 7 nitrogen and oxygen atoms in total. The van der Waals surface area contributed by atoms with Crippen molar-refractivity contribution in [1.82, 2.24) is 19.6 Å². The Balaban J connectivity index is 1.28. The van der Waals surface area contributed by atoms with Crippen LogP contribution < -0.4 is 15.4 Å². The number of thiocarbonyl (C=S) groups is 1.